The van der Waals surface area contributed by atoms with Gasteiger partial charge in [0, 0.05) is 25.4 Å². The first-order valence-corrected chi connectivity index (χ1v) is 6.30. The van der Waals surface area contributed by atoms with Crippen LogP contribution in [0.3, 0.4) is 0 Å². The molecule has 2 saturated heterocycles. The van der Waals surface area contributed by atoms with Crippen molar-refractivity contribution in [1.29, 1.82) is 0 Å². The lowest BCUT2D eigenvalue weighted by molar-refractivity contribution is -0.175. The zero-order valence-corrected chi connectivity index (χ0v) is 10.4. The molecule has 98 valence electrons. The van der Waals surface area contributed by atoms with Crippen molar-refractivity contribution in [2.45, 2.75) is 18.9 Å². The van der Waals surface area contributed by atoms with Crippen molar-refractivity contribution in [3.05, 3.63) is 18.0 Å². The summed E-state index contributed by atoms with van der Waals surface area (Å²) < 4.78 is 7.42. The van der Waals surface area contributed by atoms with E-state index in [4.69, 9.17) is 9.57 Å². The maximum atomic E-state index is 12.3. The molecular formula is C12H17N3O3. The fraction of sp³-hybridized carbons (Fsp3) is 0.667. The van der Waals surface area contributed by atoms with Crippen LogP contribution in [0.5, 0.6) is 0 Å². The third-order valence-corrected chi connectivity index (χ3v) is 3.46. The fourth-order valence-corrected chi connectivity index (χ4v) is 2.56. The highest BCUT2D eigenvalue weighted by atomic mass is 16.7. The van der Waals surface area contributed by atoms with Gasteiger partial charge in [0.15, 0.2) is 0 Å². The molecule has 6 heteroatoms. The largest absolute Gasteiger partial charge is 0.373 e. The summed E-state index contributed by atoms with van der Waals surface area (Å²) in [6.07, 6.45) is 5.15. The Labute approximate surface area is 105 Å². The molecule has 1 aromatic heterocycles. The molecule has 2 fully saturated rings. The molecule has 0 aromatic carbocycles. The number of rotatable bonds is 2. The summed E-state index contributed by atoms with van der Waals surface area (Å²) in [5.74, 6) is -0.105. The van der Waals surface area contributed by atoms with E-state index in [2.05, 4.69) is 5.10 Å². The lowest BCUT2D eigenvalue weighted by atomic mass is 9.96. The molecule has 0 N–H and O–H groups in total. The first kappa shape index (κ1) is 11.7. The normalized spacial score (nSPS) is 27.9. The van der Waals surface area contributed by atoms with Crippen molar-refractivity contribution in [1.82, 2.24) is 14.8 Å². The highest BCUT2D eigenvalue weighted by Crippen LogP contribution is 2.36. The van der Waals surface area contributed by atoms with Crippen molar-refractivity contribution in [2.24, 2.45) is 13.0 Å². The van der Waals surface area contributed by atoms with E-state index in [-0.39, 0.29) is 17.9 Å². The van der Waals surface area contributed by atoms with E-state index in [9.17, 15) is 4.79 Å². The molecule has 0 bridgehead atoms. The number of carbonyl (C=O) groups is 1. The van der Waals surface area contributed by atoms with E-state index in [1.54, 1.807) is 10.9 Å². The summed E-state index contributed by atoms with van der Waals surface area (Å²) >= 11 is 0. The number of aromatic nitrogens is 2. The Kier molecular flexibility index (Phi) is 3.05. The topological polar surface area (TPSA) is 56.6 Å². The third kappa shape index (κ3) is 2.02. The molecule has 2 atom stereocenters. The molecule has 0 unspecified atom stereocenters. The molecule has 2 aliphatic heterocycles. The number of ether oxygens (including phenoxy) is 1. The third-order valence-electron chi connectivity index (χ3n) is 3.46. The number of aryl methyl sites for hydroxylation is 1. The van der Waals surface area contributed by atoms with Gasteiger partial charge in [-0.1, -0.05) is 0 Å². The van der Waals surface area contributed by atoms with E-state index in [0.29, 0.717) is 19.8 Å². The summed E-state index contributed by atoms with van der Waals surface area (Å²) in [5.41, 5.74) is 0.965. The van der Waals surface area contributed by atoms with Crippen LogP contribution in [0.2, 0.25) is 0 Å². The van der Waals surface area contributed by atoms with Gasteiger partial charge in [-0.2, -0.15) is 5.10 Å². The van der Waals surface area contributed by atoms with Crippen molar-refractivity contribution >= 4 is 5.91 Å². The number of nitrogens with zero attached hydrogens (tertiary/aromatic N) is 3. The van der Waals surface area contributed by atoms with Gasteiger partial charge in [0.05, 0.1) is 31.4 Å². The van der Waals surface area contributed by atoms with E-state index in [1.807, 2.05) is 13.2 Å². The maximum absolute atomic E-state index is 12.3. The number of amides is 1. The highest BCUT2D eigenvalue weighted by Gasteiger charge is 2.39. The van der Waals surface area contributed by atoms with Crippen LogP contribution in [0.4, 0.5) is 0 Å². The van der Waals surface area contributed by atoms with Crippen molar-refractivity contribution in [3.63, 3.8) is 0 Å². The van der Waals surface area contributed by atoms with Crippen LogP contribution < -0.4 is 0 Å². The van der Waals surface area contributed by atoms with Gasteiger partial charge in [-0.3, -0.25) is 14.3 Å². The smallest absolute Gasteiger partial charge is 0.252 e. The van der Waals surface area contributed by atoms with Crippen molar-refractivity contribution in [2.75, 3.05) is 19.8 Å². The SMILES string of the molecule is Cn1cc([C@H]2OCC[C@@H]2C(=O)N2CCCO2)cn1. The minimum Gasteiger partial charge on any atom is -0.373 e. The molecule has 6 nitrogen and oxygen atoms in total. The minimum atomic E-state index is -0.185. The summed E-state index contributed by atoms with van der Waals surface area (Å²) in [6.45, 7) is 1.94. The van der Waals surface area contributed by atoms with Crippen LogP contribution in [0, 0.1) is 5.92 Å². The summed E-state index contributed by atoms with van der Waals surface area (Å²) in [6, 6.07) is 0. The van der Waals surface area contributed by atoms with E-state index in [1.165, 1.54) is 5.06 Å². The van der Waals surface area contributed by atoms with Gasteiger partial charge < -0.3 is 4.74 Å². The second kappa shape index (κ2) is 4.70. The molecule has 18 heavy (non-hydrogen) atoms. The molecule has 1 aromatic rings. The van der Waals surface area contributed by atoms with Crippen molar-refractivity contribution in [3.8, 4) is 0 Å². The average molecular weight is 251 g/mol. The van der Waals surface area contributed by atoms with Gasteiger partial charge in [-0.15, -0.1) is 0 Å². The molecule has 3 rings (SSSR count). The number of hydroxylamine groups is 2. The Morgan fingerprint density at radius 1 is 1.50 bits per heavy atom. The molecule has 0 spiro atoms. The maximum Gasteiger partial charge on any atom is 0.252 e. The first-order chi connectivity index (χ1) is 8.75. The Morgan fingerprint density at radius 3 is 3.06 bits per heavy atom. The standard InChI is InChI=1S/C12H17N3O3/c1-14-8-9(7-13-14)11-10(3-6-17-11)12(16)15-4-2-5-18-15/h7-8,10-11H,2-6H2,1H3/t10-,11+/m0/s1. The number of hydrogen-bond acceptors (Lipinski definition) is 4. The van der Waals surface area contributed by atoms with Gasteiger partial charge >= 0.3 is 0 Å². The van der Waals surface area contributed by atoms with E-state index >= 15 is 0 Å². The quantitative estimate of drug-likeness (QED) is 0.775. The summed E-state index contributed by atoms with van der Waals surface area (Å²) in [4.78, 5) is 17.7. The van der Waals surface area contributed by atoms with Crippen LogP contribution in [0.15, 0.2) is 12.4 Å². The van der Waals surface area contributed by atoms with Gasteiger partial charge in [0.25, 0.3) is 5.91 Å². The molecule has 3 heterocycles. The zero-order valence-electron chi connectivity index (χ0n) is 10.4. The Hall–Kier alpha value is -1.40. The van der Waals surface area contributed by atoms with Gasteiger partial charge in [0.1, 0.15) is 0 Å². The molecule has 0 saturated carbocycles. The van der Waals surface area contributed by atoms with Gasteiger partial charge in [-0.05, 0) is 12.8 Å². The van der Waals surface area contributed by atoms with Crippen LogP contribution in [0.25, 0.3) is 0 Å². The van der Waals surface area contributed by atoms with Crippen LogP contribution in [-0.2, 0) is 21.4 Å². The Balaban J connectivity index is 1.76. The Bertz CT molecular complexity index is 440. The molecule has 1 amide bonds. The molecule has 0 radical (unpaired) electrons. The molecular weight excluding hydrogens is 234 g/mol. The predicted octanol–water partition coefficient (Wildman–Crippen LogP) is 0.662. The predicted molar refractivity (Wildman–Crippen MR) is 62.3 cm³/mol. The van der Waals surface area contributed by atoms with Crippen molar-refractivity contribution < 1.29 is 14.4 Å². The van der Waals surface area contributed by atoms with E-state index < -0.39 is 0 Å². The summed E-state index contributed by atoms with van der Waals surface area (Å²) in [7, 11) is 1.86. The highest BCUT2D eigenvalue weighted by molar-refractivity contribution is 5.79. The van der Waals surface area contributed by atoms with Gasteiger partial charge in [0.2, 0.25) is 0 Å². The second-order valence-corrected chi connectivity index (χ2v) is 4.76. The number of carbonyl (C=O) groups excluding carboxylic acids is 1. The summed E-state index contributed by atoms with van der Waals surface area (Å²) in [5, 5.41) is 5.62. The fourth-order valence-electron chi connectivity index (χ4n) is 2.56. The lowest BCUT2D eigenvalue weighted by Gasteiger charge is -2.21. The van der Waals surface area contributed by atoms with Crippen LogP contribution >= 0.6 is 0 Å². The monoisotopic (exact) mass is 251 g/mol. The minimum absolute atomic E-state index is 0.0406. The lowest BCUT2D eigenvalue weighted by Crippen LogP contribution is -2.34. The first-order valence-electron chi connectivity index (χ1n) is 6.30. The van der Waals surface area contributed by atoms with Crippen LogP contribution in [0.1, 0.15) is 24.5 Å². The number of hydrogen-bond donors (Lipinski definition) is 0. The second-order valence-electron chi connectivity index (χ2n) is 4.76. The van der Waals surface area contributed by atoms with Gasteiger partial charge in [-0.25, -0.2) is 5.06 Å². The molecule has 2 aliphatic rings. The Morgan fingerprint density at radius 2 is 2.39 bits per heavy atom. The molecule has 0 aliphatic carbocycles. The average Bonchev–Trinajstić information content (AvgIpc) is 3.09. The van der Waals surface area contributed by atoms with E-state index in [0.717, 1.165) is 18.4 Å². The zero-order chi connectivity index (χ0) is 12.5. The van der Waals surface area contributed by atoms with Crippen LogP contribution in [-0.4, -0.2) is 40.5 Å².